The lowest BCUT2D eigenvalue weighted by atomic mass is 9.89. The molecule has 0 atom stereocenters. The van der Waals surface area contributed by atoms with Crippen molar-refractivity contribution in [2.75, 3.05) is 18.4 Å². The van der Waals surface area contributed by atoms with Gasteiger partial charge in [-0.2, -0.15) is 0 Å². The van der Waals surface area contributed by atoms with Crippen LogP contribution in [0.1, 0.15) is 60.7 Å². The summed E-state index contributed by atoms with van der Waals surface area (Å²) in [5, 5.41) is 6.51. The monoisotopic (exact) mass is 383 g/mol. The number of nitrogens with one attached hydrogen (secondary N) is 1. The molecule has 150 valence electrons. The normalized spacial score (nSPS) is 14.6. The van der Waals surface area contributed by atoms with Crippen LogP contribution in [0.2, 0.25) is 0 Å². The lowest BCUT2D eigenvalue weighted by molar-refractivity contribution is -0.117. The molecule has 2 aromatic rings. The number of carbonyl (C=O) groups excluding carboxylic acids is 2. The van der Waals surface area contributed by atoms with Gasteiger partial charge in [0.25, 0.3) is 5.91 Å². The number of rotatable bonds is 7. The predicted molar refractivity (Wildman–Crippen MR) is 108 cm³/mol. The van der Waals surface area contributed by atoms with E-state index in [1.54, 1.807) is 17.9 Å². The van der Waals surface area contributed by atoms with E-state index in [1.807, 2.05) is 24.3 Å². The van der Waals surface area contributed by atoms with Crippen molar-refractivity contribution >= 4 is 17.6 Å². The van der Waals surface area contributed by atoms with Gasteiger partial charge in [-0.05, 0) is 49.8 Å². The molecule has 0 unspecified atom stereocenters. The number of anilines is 1. The zero-order valence-electron chi connectivity index (χ0n) is 16.7. The third-order valence-corrected chi connectivity index (χ3v) is 5.33. The summed E-state index contributed by atoms with van der Waals surface area (Å²) in [5.74, 6) is 1.10. The SMILES string of the molecule is CCc1ccc(C(=O)N(CC(=O)Nc2cc(C)on2)CC2CCCCC2)cc1. The topological polar surface area (TPSA) is 75.4 Å². The summed E-state index contributed by atoms with van der Waals surface area (Å²) in [5.41, 5.74) is 1.81. The van der Waals surface area contributed by atoms with Gasteiger partial charge in [-0.3, -0.25) is 9.59 Å². The maximum Gasteiger partial charge on any atom is 0.254 e. The average molecular weight is 383 g/mol. The van der Waals surface area contributed by atoms with Crippen LogP contribution in [-0.4, -0.2) is 35.0 Å². The van der Waals surface area contributed by atoms with Gasteiger partial charge >= 0.3 is 0 Å². The second kappa shape index (κ2) is 9.53. The molecule has 1 aromatic heterocycles. The van der Waals surface area contributed by atoms with Gasteiger partial charge in [-0.1, -0.05) is 43.5 Å². The van der Waals surface area contributed by atoms with Crippen molar-refractivity contribution in [2.24, 2.45) is 5.92 Å². The van der Waals surface area contributed by atoms with Gasteiger partial charge in [0.1, 0.15) is 12.3 Å². The number of nitrogens with zero attached hydrogens (tertiary/aromatic N) is 2. The van der Waals surface area contributed by atoms with E-state index in [2.05, 4.69) is 17.4 Å². The summed E-state index contributed by atoms with van der Waals surface area (Å²) in [6.45, 7) is 4.47. The first-order valence-corrected chi connectivity index (χ1v) is 10.2. The number of aromatic nitrogens is 1. The highest BCUT2D eigenvalue weighted by Gasteiger charge is 2.24. The van der Waals surface area contributed by atoms with Crippen molar-refractivity contribution in [3.8, 4) is 0 Å². The van der Waals surface area contributed by atoms with Crippen molar-refractivity contribution in [2.45, 2.75) is 52.4 Å². The molecule has 1 N–H and O–H groups in total. The molecule has 1 saturated carbocycles. The van der Waals surface area contributed by atoms with Crippen molar-refractivity contribution in [1.82, 2.24) is 10.1 Å². The lowest BCUT2D eigenvalue weighted by Gasteiger charge is -2.29. The number of carbonyl (C=O) groups is 2. The van der Waals surface area contributed by atoms with Crippen LogP contribution in [0.4, 0.5) is 5.82 Å². The Morgan fingerprint density at radius 3 is 2.50 bits per heavy atom. The van der Waals surface area contributed by atoms with E-state index in [0.717, 1.165) is 19.3 Å². The Balaban J connectivity index is 1.70. The minimum absolute atomic E-state index is 0.0107. The highest BCUT2D eigenvalue weighted by atomic mass is 16.5. The number of hydrogen-bond acceptors (Lipinski definition) is 4. The minimum Gasteiger partial charge on any atom is -0.360 e. The maximum atomic E-state index is 13.1. The summed E-state index contributed by atoms with van der Waals surface area (Å²) in [4.78, 5) is 27.3. The average Bonchev–Trinajstić information content (AvgIpc) is 3.12. The summed E-state index contributed by atoms with van der Waals surface area (Å²) < 4.78 is 4.99. The van der Waals surface area contributed by atoms with E-state index in [9.17, 15) is 9.59 Å². The van der Waals surface area contributed by atoms with Crippen molar-refractivity contribution in [3.63, 3.8) is 0 Å². The first-order valence-electron chi connectivity index (χ1n) is 10.2. The molecule has 0 aliphatic heterocycles. The van der Waals surface area contributed by atoms with Gasteiger partial charge in [0.2, 0.25) is 5.91 Å². The van der Waals surface area contributed by atoms with E-state index in [0.29, 0.717) is 29.6 Å². The Labute approximate surface area is 166 Å². The van der Waals surface area contributed by atoms with Gasteiger partial charge in [-0.25, -0.2) is 0 Å². The molecule has 0 bridgehead atoms. The third-order valence-electron chi connectivity index (χ3n) is 5.33. The summed E-state index contributed by atoms with van der Waals surface area (Å²) in [6.07, 6.45) is 6.81. The van der Waals surface area contributed by atoms with Crippen molar-refractivity contribution in [1.29, 1.82) is 0 Å². The molecule has 6 nitrogen and oxygen atoms in total. The molecule has 6 heteroatoms. The quantitative estimate of drug-likeness (QED) is 0.777. The summed E-state index contributed by atoms with van der Waals surface area (Å²) in [6, 6.07) is 9.32. The molecular formula is C22H29N3O3. The Kier molecular flexibility index (Phi) is 6.85. The Morgan fingerprint density at radius 1 is 1.18 bits per heavy atom. The van der Waals surface area contributed by atoms with Crippen LogP contribution in [0.5, 0.6) is 0 Å². The second-order valence-corrected chi connectivity index (χ2v) is 7.61. The first-order chi connectivity index (χ1) is 13.5. The molecule has 1 heterocycles. The minimum atomic E-state index is -0.261. The van der Waals surface area contributed by atoms with Crippen molar-refractivity contribution in [3.05, 3.63) is 47.2 Å². The van der Waals surface area contributed by atoms with Gasteiger partial charge in [0.15, 0.2) is 5.82 Å². The maximum absolute atomic E-state index is 13.1. The van der Waals surface area contributed by atoms with Crippen LogP contribution >= 0.6 is 0 Å². The van der Waals surface area contributed by atoms with Gasteiger partial charge in [-0.15, -0.1) is 0 Å². The Morgan fingerprint density at radius 2 is 1.89 bits per heavy atom. The Hall–Kier alpha value is -2.63. The largest absolute Gasteiger partial charge is 0.360 e. The number of aryl methyl sites for hydroxylation is 2. The highest BCUT2D eigenvalue weighted by Crippen LogP contribution is 2.25. The van der Waals surface area contributed by atoms with Gasteiger partial charge < -0.3 is 14.7 Å². The zero-order valence-corrected chi connectivity index (χ0v) is 16.7. The lowest BCUT2D eigenvalue weighted by Crippen LogP contribution is -2.41. The number of amides is 2. The summed E-state index contributed by atoms with van der Waals surface area (Å²) in [7, 11) is 0. The molecule has 28 heavy (non-hydrogen) atoms. The molecule has 0 saturated heterocycles. The Bertz CT molecular complexity index is 792. The molecule has 0 spiro atoms. The molecule has 2 amide bonds. The molecule has 1 aliphatic carbocycles. The van der Waals surface area contributed by atoms with E-state index < -0.39 is 0 Å². The smallest absolute Gasteiger partial charge is 0.254 e. The molecule has 3 rings (SSSR count). The predicted octanol–water partition coefficient (Wildman–Crippen LogP) is 4.21. The van der Waals surface area contributed by atoms with E-state index >= 15 is 0 Å². The van der Waals surface area contributed by atoms with Gasteiger partial charge in [0.05, 0.1) is 0 Å². The molecule has 1 aromatic carbocycles. The fourth-order valence-corrected chi connectivity index (χ4v) is 3.75. The molecule has 0 radical (unpaired) electrons. The molecule has 1 fully saturated rings. The summed E-state index contributed by atoms with van der Waals surface area (Å²) >= 11 is 0. The zero-order chi connectivity index (χ0) is 19.9. The van der Waals surface area contributed by atoms with Crippen LogP contribution in [-0.2, 0) is 11.2 Å². The fraction of sp³-hybridized carbons (Fsp3) is 0.500. The van der Waals surface area contributed by atoms with Crippen LogP contribution in [0.25, 0.3) is 0 Å². The fourth-order valence-electron chi connectivity index (χ4n) is 3.75. The third kappa shape index (κ3) is 5.44. The van der Waals surface area contributed by atoms with Crippen molar-refractivity contribution < 1.29 is 14.1 Å². The standard InChI is InChI=1S/C22H29N3O3/c1-3-17-9-11-19(12-10-17)22(27)25(14-18-7-5-4-6-8-18)15-21(26)23-20-13-16(2)28-24-20/h9-13,18H,3-8,14-15H2,1-2H3,(H,23,24,26). The number of benzene rings is 1. The van der Waals surface area contributed by atoms with E-state index in [1.165, 1.54) is 24.8 Å². The van der Waals surface area contributed by atoms with Crippen LogP contribution in [0.15, 0.2) is 34.9 Å². The van der Waals surface area contributed by atoms with Crippen LogP contribution in [0.3, 0.4) is 0 Å². The molecular weight excluding hydrogens is 354 g/mol. The van der Waals surface area contributed by atoms with Crippen LogP contribution in [0, 0.1) is 12.8 Å². The molecule has 1 aliphatic rings. The second-order valence-electron chi connectivity index (χ2n) is 7.61. The van der Waals surface area contributed by atoms with E-state index in [-0.39, 0.29) is 18.4 Å². The highest BCUT2D eigenvalue weighted by molar-refractivity contribution is 5.99. The van der Waals surface area contributed by atoms with Crippen LogP contribution < -0.4 is 5.32 Å². The number of hydrogen-bond donors (Lipinski definition) is 1. The van der Waals surface area contributed by atoms with Gasteiger partial charge in [0, 0.05) is 18.2 Å². The van der Waals surface area contributed by atoms with E-state index in [4.69, 9.17) is 4.52 Å². The first kappa shape index (κ1) is 20.1.